The van der Waals surface area contributed by atoms with Crippen LogP contribution in [0.3, 0.4) is 0 Å². The molecule has 2 heterocycles. The van der Waals surface area contributed by atoms with Gasteiger partial charge in [0.15, 0.2) is 0 Å². The first-order chi connectivity index (χ1) is 18.6. The Morgan fingerprint density at radius 3 is 1.55 bits per heavy atom. The number of carbonyl (C=O) groups excluding carboxylic acids is 2. The summed E-state index contributed by atoms with van der Waals surface area (Å²) in [4.78, 5) is 32.7. The van der Waals surface area contributed by atoms with Gasteiger partial charge in [-0.2, -0.15) is 0 Å². The predicted molar refractivity (Wildman–Crippen MR) is 149 cm³/mol. The quantitative estimate of drug-likeness (QED) is 0.226. The maximum atomic E-state index is 13.1. The van der Waals surface area contributed by atoms with Crippen LogP contribution >= 0.6 is 0 Å². The third-order valence-electron chi connectivity index (χ3n) is 6.64. The number of hydrogen-bond donors (Lipinski definition) is 6. The monoisotopic (exact) mass is 504 g/mol. The molecule has 4 aromatic carbocycles. The summed E-state index contributed by atoms with van der Waals surface area (Å²) in [5.41, 5.74) is 4.46. The first-order valence-electron chi connectivity index (χ1n) is 12.7. The van der Waals surface area contributed by atoms with Gasteiger partial charge in [-0.25, -0.2) is 0 Å². The zero-order chi connectivity index (χ0) is 25.9. The van der Waals surface area contributed by atoms with E-state index in [0.29, 0.717) is 22.5 Å². The van der Waals surface area contributed by atoms with Crippen molar-refractivity contribution in [3.05, 3.63) is 107 Å². The molecule has 8 nitrogen and oxygen atoms in total. The average molecular weight is 505 g/mol. The van der Waals surface area contributed by atoms with Crippen molar-refractivity contribution in [2.75, 3.05) is 36.8 Å². The van der Waals surface area contributed by atoms with Gasteiger partial charge in [-0.05, 0) is 71.4 Å². The lowest BCUT2D eigenvalue weighted by Crippen LogP contribution is -2.70. The molecule has 2 amide bonds. The van der Waals surface area contributed by atoms with Gasteiger partial charge in [0, 0.05) is 22.5 Å². The maximum Gasteiger partial charge on any atom is 0.275 e. The second-order valence-electron chi connectivity index (χ2n) is 9.30. The molecule has 4 aromatic rings. The molecule has 0 radical (unpaired) electrons. The lowest BCUT2D eigenvalue weighted by Gasteiger charge is -2.09. The van der Waals surface area contributed by atoms with E-state index in [0.717, 1.165) is 59.7 Å². The van der Waals surface area contributed by atoms with Gasteiger partial charge >= 0.3 is 0 Å². The molecule has 8 heteroatoms. The summed E-state index contributed by atoms with van der Waals surface area (Å²) >= 11 is 0. The summed E-state index contributed by atoms with van der Waals surface area (Å²) in [6.45, 7) is 3.52. The van der Waals surface area contributed by atoms with Gasteiger partial charge in [-0.15, -0.1) is 0 Å². The summed E-state index contributed by atoms with van der Waals surface area (Å²) in [5.74, 6) is 1.52. The van der Waals surface area contributed by atoms with Crippen LogP contribution in [0.25, 0.3) is 10.8 Å². The van der Waals surface area contributed by atoms with E-state index in [9.17, 15) is 9.59 Å². The van der Waals surface area contributed by atoms with Gasteiger partial charge in [0.25, 0.3) is 23.5 Å². The Balaban J connectivity index is 1.19. The highest BCUT2D eigenvalue weighted by Gasteiger charge is 2.17. The van der Waals surface area contributed by atoms with Crippen LogP contribution in [0.2, 0.25) is 0 Å². The average Bonchev–Trinajstić information content (AvgIpc) is 3.68. The smallest absolute Gasteiger partial charge is 0.275 e. The van der Waals surface area contributed by atoms with Gasteiger partial charge in [0.2, 0.25) is 0 Å². The van der Waals surface area contributed by atoms with E-state index in [1.807, 2.05) is 72.8 Å². The number of amides is 2. The van der Waals surface area contributed by atoms with Crippen LogP contribution in [0.1, 0.15) is 31.8 Å². The van der Waals surface area contributed by atoms with E-state index in [1.165, 1.54) is 0 Å². The summed E-state index contributed by atoms with van der Waals surface area (Å²) in [6.07, 6.45) is 0. The normalized spacial score (nSPS) is 14.3. The SMILES string of the molecule is O=C(Nc1cccc(C2=[NH+]CCN2)c1)c1ccc2ccc(C(=O)Nc3cccc(C4=[NH+]CCN4)c3)cc2c1. The molecule has 0 bridgehead atoms. The van der Waals surface area contributed by atoms with Crippen molar-refractivity contribution in [1.29, 1.82) is 0 Å². The van der Waals surface area contributed by atoms with Crippen molar-refractivity contribution in [2.24, 2.45) is 0 Å². The molecular weight excluding hydrogens is 476 g/mol. The van der Waals surface area contributed by atoms with E-state index in [4.69, 9.17) is 0 Å². The van der Waals surface area contributed by atoms with E-state index in [-0.39, 0.29) is 11.8 Å². The highest BCUT2D eigenvalue weighted by atomic mass is 16.2. The number of amidine groups is 2. The standard InChI is InChI=1S/C30H26N6O2/c37-29(35-25-5-1-3-20(17-25)27-31-11-12-32-27)22-9-7-19-8-10-23(16-24(19)15-22)30(38)36-26-6-2-4-21(18-26)28-33-13-14-34-28/h1-10,15-18H,11-14H2,(H,31,32)(H,33,34)(H,35,37)(H,36,38)/p+2. The first-order valence-corrected chi connectivity index (χ1v) is 12.7. The van der Waals surface area contributed by atoms with Crippen LogP contribution in [0.15, 0.2) is 84.9 Å². The van der Waals surface area contributed by atoms with Crippen molar-refractivity contribution < 1.29 is 19.6 Å². The fourth-order valence-electron chi connectivity index (χ4n) is 4.72. The molecule has 0 aromatic heterocycles. The van der Waals surface area contributed by atoms with E-state index >= 15 is 0 Å². The first kappa shape index (κ1) is 23.4. The van der Waals surface area contributed by atoms with Crippen LogP contribution in [-0.2, 0) is 0 Å². The van der Waals surface area contributed by atoms with E-state index in [2.05, 4.69) is 31.3 Å². The molecule has 0 fully saturated rings. The van der Waals surface area contributed by atoms with Crippen LogP contribution in [0.5, 0.6) is 0 Å². The predicted octanol–water partition coefficient (Wildman–Crippen LogP) is 0.205. The zero-order valence-corrected chi connectivity index (χ0v) is 20.7. The summed E-state index contributed by atoms with van der Waals surface area (Å²) in [6, 6.07) is 26.5. The molecule has 0 saturated heterocycles. The number of fused-ring (bicyclic) bond motifs is 1. The van der Waals surface area contributed by atoms with Crippen molar-refractivity contribution in [1.82, 2.24) is 10.6 Å². The second kappa shape index (κ2) is 10.2. The van der Waals surface area contributed by atoms with Gasteiger partial charge in [0.05, 0.1) is 11.1 Å². The molecule has 0 saturated carbocycles. The van der Waals surface area contributed by atoms with Crippen LogP contribution in [0, 0.1) is 0 Å². The zero-order valence-electron chi connectivity index (χ0n) is 20.7. The van der Waals surface area contributed by atoms with Crippen molar-refractivity contribution in [2.45, 2.75) is 0 Å². The molecule has 2 aliphatic heterocycles. The fraction of sp³-hybridized carbons (Fsp3) is 0.133. The molecule has 2 aliphatic rings. The lowest BCUT2D eigenvalue weighted by molar-refractivity contribution is -0.444. The Morgan fingerprint density at radius 1 is 0.605 bits per heavy atom. The van der Waals surface area contributed by atoms with Gasteiger partial charge in [-0.3, -0.25) is 30.2 Å². The van der Waals surface area contributed by atoms with Gasteiger partial charge in [-0.1, -0.05) is 24.3 Å². The van der Waals surface area contributed by atoms with Crippen molar-refractivity contribution >= 4 is 45.6 Å². The molecule has 6 N–H and O–H groups in total. The lowest BCUT2D eigenvalue weighted by atomic mass is 10.0. The van der Waals surface area contributed by atoms with Crippen molar-refractivity contribution in [3.63, 3.8) is 0 Å². The third kappa shape index (κ3) is 4.97. The number of benzene rings is 4. The minimum atomic E-state index is -0.209. The Morgan fingerprint density at radius 2 is 1.11 bits per heavy atom. The fourth-order valence-corrected chi connectivity index (χ4v) is 4.72. The molecule has 0 spiro atoms. The highest BCUT2D eigenvalue weighted by molar-refractivity contribution is 6.09. The molecule has 188 valence electrons. The summed E-state index contributed by atoms with van der Waals surface area (Å²) in [5, 5.41) is 14.3. The van der Waals surface area contributed by atoms with Crippen LogP contribution in [-0.4, -0.2) is 49.7 Å². The van der Waals surface area contributed by atoms with E-state index < -0.39 is 0 Å². The van der Waals surface area contributed by atoms with Gasteiger partial charge < -0.3 is 10.6 Å². The maximum absolute atomic E-state index is 13.1. The largest absolute Gasteiger partial charge is 0.322 e. The number of carbonyl (C=O) groups is 2. The number of anilines is 2. The Hall–Kier alpha value is -4.98. The minimum Gasteiger partial charge on any atom is -0.322 e. The Labute approximate surface area is 219 Å². The number of rotatable bonds is 6. The second-order valence-corrected chi connectivity index (χ2v) is 9.30. The number of hydrogen-bond acceptors (Lipinski definition) is 4. The Bertz CT molecular complexity index is 1510. The summed E-state index contributed by atoms with van der Waals surface area (Å²) in [7, 11) is 0. The molecule has 38 heavy (non-hydrogen) atoms. The van der Waals surface area contributed by atoms with Crippen molar-refractivity contribution in [3.8, 4) is 0 Å². The Kier molecular flexibility index (Phi) is 6.27. The highest BCUT2D eigenvalue weighted by Crippen LogP contribution is 2.21. The van der Waals surface area contributed by atoms with E-state index in [1.54, 1.807) is 12.1 Å². The number of nitrogens with one attached hydrogen (secondary N) is 6. The van der Waals surface area contributed by atoms with Gasteiger partial charge in [0.1, 0.15) is 26.2 Å². The molecule has 0 aliphatic carbocycles. The van der Waals surface area contributed by atoms with Crippen LogP contribution in [0.4, 0.5) is 11.4 Å². The molecular formula is C30H28N6O2+2. The minimum absolute atomic E-state index is 0.209. The summed E-state index contributed by atoms with van der Waals surface area (Å²) < 4.78 is 0. The molecule has 6 rings (SSSR count). The third-order valence-corrected chi connectivity index (χ3v) is 6.64. The molecule has 0 unspecified atom stereocenters. The topological polar surface area (TPSA) is 110 Å². The van der Waals surface area contributed by atoms with Crippen LogP contribution < -0.4 is 31.3 Å². The molecule has 0 atom stereocenters.